The summed E-state index contributed by atoms with van der Waals surface area (Å²) in [5.74, 6) is 0.512. The lowest BCUT2D eigenvalue weighted by Gasteiger charge is -2.32. The second-order valence-corrected chi connectivity index (χ2v) is 6.10. The summed E-state index contributed by atoms with van der Waals surface area (Å²) >= 11 is 0. The number of piperidine rings is 1. The van der Waals surface area contributed by atoms with Crippen molar-refractivity contribution in [3.05, 3.63) is 23.9 Å². The number of nitrogens with zero attached hydrogens (tertiary/aromatic N) is 2. The van der Waals surface area contributed by atoms with E-state index in [0.717, 1.165) is 37.9 Å². The molecule has 0 radical (unpaired) electrons. The van der Waals surface area contributed by atoms with E-state index in [1.54, 1.807) is 12.3 Å². The van der Waals surface area contributed by atoms with E-state index in [1.165, 1.54) is 0 Å². The van der Waals surface area contributed by atoms with Gasteiger partial charge in [-0.3, -0.25) is 9.59 Å². The molecule has 0 aliphatic carbocycles. The van der Waals surface area contributed by atoms with Crippen molar-refractivity contribution >= 4 is 17.6 Å². The predicted octanol–water partition coefficient (Wildman–Crippen LogP) is 1.57. The van der Waals surface area contributed by atoms with Crippen molar-refractivity contribution in [3.63, 3.8) is 0 Å². The third-order valence-corrected chi connectivity index (χ3v) is 4.12. The van der Waals surface area contributed by atoms with Crippen molar-refractivity contribution in [2.45, 2.75) is 32.6 Å². The molecule has 0 aromatic carbocycles. The van der Waals surface area contributed by atoms with Gasteiger partial charge < -0.3 is 15.5 Å². The maximum atomic E-state index is 12.4. The third kappa shape index (κ3) is 5.32. The van der Waals surface area contributed by atoms with Gasteiger partial charge in [0, 0.05) is 25.7 Å². The summed E-state index contributed by atoms with van der Waals surface area (Å²) in [6.07, 6.45) is 4.79. The highest BCUT2D eigenvalue weighted by molar-refractivity contribution is 5.92. The summed E-state index contributed by atoms with van der Waals surface area (Å²) in [4.78, 5) is 30.6. The zero-order valence-corrected chi connectivity index (χ0v) is 14.0. The summed E-state index contributed by atoms with van der Waals surface area (Å²) < 4.78 is 0. The average molecular weight is 318 g/mol. The van der Waals surface area contributed by atoms with Crippen LogP contribution in [0.5, 0.6) is 0 Å². The van der Waals surface area contributed by atoms with Gasteiger partial charge in [-0.15, -0.1) is 0 Å². The minimum atomic E-state index is -0.153. The molecule has 1 saturated heterocycles. The van der Waals surface area contributed by atoms with Crippen molar-refractivity contribution in [1.82, 2.24) is 15.2 Å². The third-order valence-electron chi connectivity index (χ3n) is 4.12. The van der Waals surface area contributed by atoms with Gasteiger partial charge in [-0.25, -0.2) is 4.98 Å². The minimum absolute atomic E-state index is 0.0472. The normalized spacial score (nSPS) is 17.8. The molecule has 23 heavy (non-hydrogen) atoms. The molecular formula is C17H26N4O2. The molecule has 1 fully saturated rings. The monoisotopic (exact) mass is 318 g/mol. The Morgan fingerprint density at radius 3 is 2.91 bits per heavy atom. The van der Waals surface area contributed by atoms with Crippen molar-refractivity contribution in [2.75, 3.05) is 32.0 Å². The number of aromatic nitrogens is 1. The maximum absolute atomic E-state index is 12.4. The predicted molar refractivity (Wildman–Crippen MR) is 90.1 cm³/mol. The molecular weight excluding hydrogens is 292 g/mol. The van der Waals surface area contributed by atoms with E-state index in [0.29, 0.717) is 18.8 Å². The molecule has 2 amide bonds. The number of hydrogen-bond acceptors (Lipinski definition) is 4. The Kier molecular flexibility index (Phi) is 6.52. The zero-order chi connectivity index (χ0) is 16.7. The van der Waals surface area contributed by atoms with Crippen LogP contribution in [0.1, 0.15) is 31.2 Å². The highest BCUT2D eigenvalue weighted by atomic mass is 16.2. The van der Waals surface area contributed by atoms with Crippen LogP contribution in [0.2, 0.25) is 0 Å². The molecule has 1 atom stereocenters. The van der Waals surface area contributed by atoms with Gasteiger partial charge in [0.2, 0.25) is 11.8 Å². The molecule has 2 heterocycles. The van der Waals surface area contributed by atoms with E-state index < -0.39 is 0 Å². The maximum Gasteiger partial charge on any atom is 0.230 e. The van der Waals surface area contributed by atoms with Gasteiger partial charge in [0.15, 0.2) is 0 Å². The van der Waals surface area contributed by atoms with E-state index in [-0.39, 0.29) is 17.7 Å². The molecule has 1 aromatic rings. The minimum Gasteiger partial charge on any atom is -0.342 e. The molecule has 6 nitrogen and oxygen atoms in total. The van der Waals surface area contributed by atoms with Crippen molar-refractivity contribution in [3.8, 4) is 0 Å². The van der Waals surface area contributed by atoms with Gasteiger partial charge in [-0.1, -0.05) is 6.07 Å². The number of amides is 2. The van der Waals surface area contributed by atoms with Crippen LogP contribution >= 0.6 is 0 Å². The van der Waals surface area contributed by atoms with Crippen molar-refractivity contribution in [2.24, 2.45) is 5.92 Å². The highest BCUT2D eigenvalue weighted by Crippen LogP contribution is 2.19. The van der Waals surface area contributed by atoms with Crippen LogP contribution in [0.3, 0.4) is 0 Å². The number of carbonyl (C=O) groups is 2. The van der Waals surface area contributed by atoms with E-state index in [4.69, 9.17) is 0 Å². The average Bonchev–Trinajstić information content (AvgIpc) is 2.57. The lowest BCUT2D eigenvalue weighted by atomic mass is 9.96. The second kappa shape index (κ2) is 8.62. The van der Waals surface area contributed by atoms with Crippen LogP contribution in [-0.4, -0.2) is 48.4 Å². The number of likely N-dealkylation sites (tertiary alicyclic amines) is 1. The molecule has 1 aliphatic heterocycles. The van der Waals surface area contributed by atoms with Crippen LogP contribution in [0.4, 0.5) is 5.82 Å². The smallest absolute Gasteiger partial charge is 0.230 e. The fourth-order valence-corrected chi connectivity index (χ4v) is 2.76. The molecule has 0 spiro atoms. The van der Waals surface area contributed by atoms with E-state index >= 15 is 0 Å². The number of anilines is 1. The van der Waals surface area contributed by atoms with Crippen LogP contribution in [-0.2, 0) is 9.59 Å². The van der Waals surface area contributed by atoms with Crippen LogP contribution in [0, 0.1) is 12.8 Å². The lowest BCUT2D eigenvalue weighted by Crippen LogP contribution is -2.43. The number of hydrogen-bond donors (Lipinski definition) is 2. The quantitative estimate of drug-likeness (QED) is 0.781. The molecule has 2 rings (SSSR count). The summed E-state index contributed by atoms with van der Waals surface area (Å²) in [6.45, 7) is 4.06. The lowest BCUT2D eigenvalue weighted by molar-refractivity contribution is -0.134. The Morgan fingerprint density at radius 2 is 2.22 bits per heavy atom. The van der Waals surface area contributed by atoms with Gasteiger partial charge in [0.05, 0.1) is 5.92 Å². The molecule has 1 unspecified atom stereocenters. The number of nitrogens with one attached hydrogen (secondary N) is 2. The highest BCUT2D eigenvalue weighted by Gasteiger charge is 2.28. The van der Waals surface area contributed by atoms with E-state index in [9.17, 15) is 9.59 Å². The molecule has 2 N–H and O–H groups in total. The Bertz CT molecular complexity index is 530. The summed E-state index contributed by atoms with van der Waals surface area (Å²) in [7, 11) is 1.88. The Labute approximate surface area is 137 Å². The number of carbonyl (C=O) groups excluding carboxylic acids is 2. The molecule has 6 heteroatoms. The fraction of sp³-hybridized carbons (Fsp3) is 0.588. The second-order valence-electron chi connectivity index (χ2n) is 6.10. The summed E-state index contributed by atoms with van der Waals surface area (Å²) in [5.41, 5.74) is 1.05. The van der Waals surface area contributed by atoms with Gasteiger partial charge in [0.1, 0.15) is 5.82 Å². The van der Waals surface area contributed by atoms with Gasteiger partial charge >= 0.3 is 0 Å². The standard InChI is InChI=1S/C17H26N4O2/c1-13-7-8-15(19-11-13)20-17(23)14-5-4-10-21(12-14)16(22)6-3-9-18-2/h7-8,11,14,18H,3-6,9-10,12H2,1-2H3,(H,19,20,23). The first-order valence-corrected chi connectivity index (χ1v) is 8.26. The number of pyridine rings is 1. The topological polar surface area (TPSA) is 74.3 Å². The van der Waals surface area contributed by atoms with Crippen LogP contribution < -0.4 is 10.6 Å². The largest absolute Gasteiger partial charge is 0.342 e. The summed E-state index contributed by atoms with van der Waals surface area (Å²) in [6, 6.07) is 3.72. The SMILES string of the molecule is CNCCCC(=O)N1CCCC(C(=O)Nc2ccc(C)cn2)C1. The van der Waals surface area contributed by atoms with Gasteiger partial charge in [-0.2, -0.15) is 0 Å². The Morgan fingerprint density at radius 1 is 1.39 bits per heavy atom. The molecule has 126 valence electrons. The molecule has 0 saturated carbocycles. The Hall–Kier alpha value is -1.95. The fourth-order valence-electron chi connectivity index (χ4n) is 2.76. The van der Waals surface area contributed by atoms with Crippen molar-refractivity contribution < 1.29 is 9.59 Å². The first-order valence-electron chi connectivity index (χ1n) is 8.26. The number of rotatable bonds is 6. The number of aryl methyl sites for hydroxylation is 1. The van der Waals surface area contributed by atoms with E-state index in [1.807, 2.05) is 24.9 Å². The first-order chi connectivity index (χ1) is 11.1. The summed E-state index contributed by atoms with van der Waals surface area (Å²) in [5, 5.41) is 5.90. The first kappa shape index (κ1) is 17.4. The molecule has 1 aromatic heterocycles. The Balaban J connectivity index is 1.85. The molecule has 0 bridgehead atoms. The molecule has 1 aliphatic rings. The van der Waals surface area contributed by atoms with E-state index in [2.05, 4.69) is 15.6 Å². The van der Waals surface area contributed by atoms with Crippen LogP contribution in [0.25, 0.3) is 0 Å². The van der Waals surface area contributed by atoms with Crippen molar-refractivity contribution in [1.29, 1.82) is 0 Å². The van der Waals surface area contributed by atoms with Gasteiger partial charge in [-0.05, 0) is 51.4 Å². The van der Waals surface area contributed by atoms with Crippen LogP contribution in [0.15, 0.2) is 18.3 Å². The zero-order valence-electron chi connectivity index (χ0n) is 14.0. The van der Waals surface area contributed by atoms with Gasteiger partial charge in [0.25, 0.3) is 0 Å².